The molecule has 0 amide bonds. The standard InChI is InChI=1S/C25H21FN2O/c1-3-27-23-7-5-4-6-20(23)19-10-9-17(13-22(19)26)25-14-18(15-29)21-12-16(2)8-11-24(21)28-25/h4-15,27H,3H2,1-2H3. The van der Waals surface area contributed by atoms with Crippen molar-refractivity contribution in [3.8, 4) is 22.4 Å². The number of aldehydes is 1. The molecule has 0 saturated carbocycles. The molecule has 0 aliphatic heterocycles. The average Bonchev–Trinajstić information content (AvgIpc) is 2.74. The number of anilines is 1. The zero-order valence-electron chi connectivity index (χ0n) is 16.4. The summed E-state index contributed by atoms with van der Waals surface area (Å²) in [6, 6.07) is 20.3. The number of fused-ring (bicyclic) bond motifs is 1. The highest BCUT2D eigenvalue weighted by Gasteiger charge is 2.13. The molecule has 0 atom stereocenters. The molecule has 1 heterocycles. The van der Waals surface area contributed by atoms with Gasteiger partial charge in [-0.15, -0.1) is 0 Å². The highest BCUT2D eigenvalue weighted by Crippen LogP contribution is 2.33. The Kier molecular flexibility index (Phi) is 5.09. The van der Waals surface area contributed by atoms with Gasteiger partial charge in [-0.05, 0) is 44.2 Å². The second-order valence-electron chi connectivity index (χ2n) is 7.01. The molecule has 4 aromatic rings. The third-order valence-corrected chi connectivity index (χ3v) is 4.97. The van der Waals surface area contributed by atoms with Gasteiger partial charge in [0, 0.05) is 39.9 Å². The summed E-state index contributed by atoms with van der Waals surface area (Å²) in [5, 5.41) is 4.08. The Labute approximate surface area is 169 Å². The average molecular weight is 384 g/mol. The van der Waals surface area contributed by atoms with E-state index in [1.165, 1.54) is 6.07 Å². The van der Waals surface area contributed by atoms with Crippen LogP contribution in [0.5, 0.6) is 0 Å². The number of pyridine rings is 1. The van der Waals surface area contributed by atoms with Crippen LogP contribution in [0.3, 0.4) is 0 Å². The van der Waals surface area contributed by atoms with Gasteiger partial charge in [-0.3, -0.25) is 4.79 Å². The van der Waals surface area contributed by atoms with Crippen LogP contribution in [-0.4, -0.2) is 17.8 Å². The molecular formula is C25H21FN2O. The molecule has 0 aliphatic rings. The van der Waals surface area contributed by atoms with Crippen molar-refractivity contribution < 1.29 is 9.18 Å². The molecule has 0 saturated heterocycles. The van der Waals surface area contributed by atoms with Crippen molar-refractivity contribution in [1.82, 2.24) is 4.98 Å². The minimum atomic E-state index is -0.327. The Morgan fingerprint density at radius 2 is 1.83 bits per heavy atom. The number of hydrogen-bond donors (Lipinski definition) is 1. The predicted octanol–water partition coefficient (Wildman–Crippen LogP) is 6.26. The van der Waals surface area contributed by atoms with Crippen LogP contribution in [-0.2, 0) is 0 Å². The van der Waals surface area contributed by atoms with Gasteiger partial charge in [-0.1, -0.05) is 42.0 Å². The molecule has 1 N–H and O–H groups in total. The lowest BCUT2D eigenvalue weighted by atomic mass is 9.99. The fraction of sp³-hybridized carbons (Fsp3) is 0.120. The van der Waals surface area contributed by atoms with Crippen LogP contribution in [0.25, 0.3) is 33.3 Å². The molecule has 1 aromatic heterocycles. The van der Waals surface area contributed by atoms with Crippen molar-refractivity contribution in [2.24, 2.45) is 0 Å². The van der Waals surface area contributed by atoms with Crippen molar-refractivity contribution in [1.29, 1.82) is 0 Å². The Morgan fingerprint density at radius 1 is 1.00 bits per heavy atom. The van der Waals surface area contributed by atoms with Crippen molar-refractivity contribution >= 4 is 22.9 Å². The Morgan fingerprint density at radius 3 is 2.59 bits per heavy atom. The van der Waals surface area contributed by atoms with Crippen LogP contribution in [0.15, 0.2) is 66.7 Å². The minimum Gasteiger partial charge on any atom is -0.385 e. The Balaban J connectivity index is 1.81. The van der Waals surface area contributed by atoms with Gasteiger partial charge in [0.2, 0.25) is 0 Å². The van der Waals surface area contributed by atoms with Gasteiger partial charge in [0.15, 0.2) is 6.29 Å². The molecule has 0 radical (unpaired) electrons. The van der Waals surface area contributed by atoms with Gasteiger partial charge in [0.1, 0.15) is 5.82 Å². The number of carbonyl (C=O) groups is 1. The third kappa shape index (κ3) is 3.61. The number of nitrogens with zero attached hydrogens (tertiary/aromatic N) is 1. The first-order valence-electron chi connectivity index (χ1n) is 9.60. The molecule has 0 unspecified atom stereocenters. The first-order chi connectivity index (χ1) is 14.1. The van der Waals surface area contributed by atoms with Crippen LogP contribution in [0.1, 0.15) is 22.8 Å². The third-order valence-electron chi connectivity index (χ3n) is 4.97. The monoisotopic (exact) mass is 384 g/mol. The van der Waals surface area contributed by atoms with E-state index in [2.05, 4.69) is 10.3 Å². The second-order valence-corrected chi connectivity index (χ2v) is 7.01. The quantitative estimate of drug-likeness (QED) is 0.413. The van der Waals surface area contributed by atoms with E-state index < -0.39 is 0 Å². The number of nitrogens with one attached hydrogen (secondary N) is 1. The second kappa shape index (κ2) is 7.84. The number of halogens is 1. The molecule has 3 nitrogen and oxygen atoms in total. The van der Waals surface area contributed by atoms with Crippen molar-refractivity contribution in [2.75, 3.05) is 11.9 Å². The molecule has 144 valence electrons. The zero-order valence-corrected chi connectivity index (χ0v) is 16.4. The molecular weight excluding hydrogens is 363 g/mol. The van der Waals surface area contributed by atoms with E-state index in [1.807, 2.05) is 62.4 Å². The maximum atomic E-state index is 15.1. The van der Waals surface area contributed by atoms with Gasteiger partial charge in [-0.25, -0.2) is 9.37 Å². The van der Waals surface area contributed by atoms with Gasteiger partial charge in [-0.2, -0.15) is 0 Å². The van der Waals surface area contributed by atoms with Gasteiger partial charge in [0.05, 0.1) is 11.2 Å². The maximum Gasteiger partial charge on any atom is 0.150 e. The summed E-state index contributed by atoms with van der Waals surface area (Å²) >= 11 is 0. The maximum absolute atomic E-state index is 15.1. The molecule has 0 bridgehead atoms. The number of aryl methyl sites for hydroxylation is 1. The normalized spacial score (nSPS) is 10.9. The molecule has 0 aliphatic carbocycles. The smallest absolute Gasteiger partial charge is 0.150 e. The fourth-order valence-corrected chi connectivity index (χ4v) is 3.57. The molecule has 3 aromatic carbocycles. The molecule has 0 fully saturated rings. The van der Waals surface area contributed by atoms with Crippen LogP contribution in [0, 0.1) is 12.7 Å². The summed E-state index contributed by atoms with van der Waals surface area (Å²) in [7, 11) is 0. The number of hydrogen-bond acceptors (Lipinski definition) is 3. The highest BCUT2D eigenvalue weighted by atomic mass is 19.1. The summed E-state index contributed by atoms with van der Waals surface area (Å²) in [6.45, 7) is 4.74. The SMILES string of the molecule is CCNc1ccccc1-c1ccc(-c2cc(C=O)c3cc(C)ccc3n2)cc1F. The van der Waals surface area contributed by atoms with Crippen LogP contribution in [0.4, 0.5) is 10.1 Å². The lowest BCUT2D eigenvalue weighted by Gasteiger charge is -2.13. The van der Waals surface area contributed by atoms with Crippen LogP contribution < -0.4 is 5.32 Å². The minimum absolute atomic E-state index is 0.327. The van der Waals surface area contributed by atoms with E-state index >= 15 is 4.39 Å². The lowest BCUT2D eigenvalue weighted by Crippen LogP contribution is -1.99. The molecule has 29 heavy (non-hydrogen) atoms. The number of aromatic nitrogens is 1. The topological polar surface area (TPSA) is 42.0 Å². The molecule has 0 spiro atoms. The van der Waals surface area contributed by atoms with Gasteiger partial charge < -0.3 is 5.32 Å². The first-order valence-corrected chi connectivity index (χ1v) is 9.60. The summed E-state index contributed by atoms with van der Waals surface area (Å²) < 4.78 is 15.1. The van der Waals surface area contributed by atoms with E-state index in [0.29, 0.717) is 22.4 Å². The summed E-state index contributed by atoms with van der Waals surface area (Å²) in [6.07, 6.45) is 0.824. The van der Waals surface area contributed by atoms with E-state index in [9.17, 15) is 4.79 Å². The Hall–Kier alpha value is -3.53. The van der Waals surface area contributed by atoms with E-state index in [4.69, 9.17) is 0 Å². The molecule has 4 rings (SSSR count). The van der Waals surface area contributed by atoms with E-state index in [0.717, 1.165) is 40.5 Å². The van der Waals surface area contributed by atoms with Crippen molar-refractivity contribution in [3.63, 3.8) is 0 Å². The molecule has 4 heteroatoms. The van der Waals surface area contributed by atoms with E-state index in [1.54, 1.807) is 12.1 Å². The number of rotatable bonds is 5. The van der Waals surface area contributed by atoms with Crippen LogP contribution in [0.2, 0.25) is 0 Å². The zero-order chi connectivity index (χ0) is 20.4. The largest absolute Gasteiger partial charge is 0.385 e. The predicted molar refractivity (Wildman–Crippen MR) is 117 cm³/mol. The summed E-state index contributed by atoms with van der Waals surface area (Å²) in [5.74, 6) is -0.327. The van der Waals surface area contributed by atoms with Crippen LogP contribution >= 0.6 is 0 Å². The summed E-state index contributed by atoms with van der Waals surface area (Å²) in [4.78, 5) is 16.3. The van der Waals surface area contributed by atoms with Gasteiger partial charge in [0.25, 0.3) is 0 Å². The van der Waals surface area contributed by atoms with Gasteiger partial charge >= 0.3 is 0 Å². The number of para-hydroxylation sites is 1. The van der Waals surface area contributed by atoms with Crippen molar-refractivity contribution in [3.05, 3.63) is 83.7 Å². The first kappa shape index (κ1) is 18.8. The lowest BCUT2D eigenvalue weighted by molar-refractivity contribution is 0.112. The fourth-order valence-electron chi connectivity index (χ4n) is 3.57. The number of carbonyl (C=O) groups excluding carboxylic acids is 1. The Bertz CT molecular complexity index is 1220. The van der Waals surface area contributed by atoms with E-state index in [-0.39, 0.29) is 5.82 Å². The van der Waals surface area contributed by atoms with Crippen molar-refractivity contribution in [2.45, 2.75) is 13.8 Å². The highest BCUT2D eigenvalue weighted by molar-refractivity contribution is 5.98. The summed E-state index contributed by atoms with van der Waals surface area (Å²) in [5.41, 5.74) is 5.78. The number of benzene rings is 3.